The number of ether oxygens (including phenoxy) is 1. The number of rotatable bonds is 9. The van der Waals surface area contributed by atoms with Gasteiger partial charge in [-0.3, -0.25) is 19.2 Å². The predicted octanol–water partition coefficient (Wildman–Crippen LogP) is 1.24. The van der Waals surface area contributed by atoms with Crippen molar-refractivity contribution in [2.75, 3.05) is 13.1 Å². The molecule has 0 atom stereocenters. The van der Waals surface area contributed by atoms with Gasteiger partial charge in [0, 0.05) is 12.6 Å². The summed E-state index contributed by atoms with van der Waals surface area (Å²) in [6, 6.07) is 5.99. The summed E-state index contributed by atoms with van der Waals surface area (Å²) in [6.07, 6.45) is -0.194. The van der Waals surface area contributed by atoms with E-state index in [0.717, 1.165) is 0 Å². The molecule has 33 heavy (non-hydrogen) atoms. The van der Waals surface area contributed by atoms with Gasteiger partial charge < -0.3 is 30.7 Å². The molecule has 1 aromatic carbocycles. The summed E-state index contributed by atoms with van der Waals surface area (Å²) >= 11 is 0. The van der Waals surface area contributed by atoms with Gasteiger partial charge >= 0.3 is 5.97 Å². The number of nitrogens with one attached hydrogen (secondary N) is 2. The van der Waals surface area contributed by atoms with Crippen LogP contribution in [-0.4, -0.2) is 56.9 Å². The number of aromatic hydroxyl groups is 2. The number of carboxylic acids is 1. The Bertz CT molecular complexity index is 1120. The molecule has 5 N–H and O–H groups in total. The number of aromatic nitrogens is 1. The van der Waals surface area contributed by atoms with E-state index in [0.29, 0.717) is 10.3 Å². The molecule has 0 saturated heterocycles. The lowest BCUT2D eigenvalue weighted by atomic mass is 10.1. The van der Waals surface area contributed by atoms with E-state index in [2.05, 4.69) is 5.32 Å². The first-order chi connectivity index (χ1) is 15.4. The Balaban J connectivity index is 2.75. The van der Waals surface area contributed by atoms with Crippen molar-refractivity contribution in [1.29, 1.82) is 0 Å². The summed E-state index contributed by atoms with van der Waals surface area (Å²) in [7, 11) is 0. The molecule has 0 aliphatic heterocycles. The molecule has 2 rings (SSSR count). The predicted molar refractivity (Wildman–Crippen MR) is 118 cm³/mol. The molecule has 11 heteroatoms. The minimum atomic E-state index is -1.38. The monoisotopic (exact) mass is 461 g/mol. The number of pyridine rings is 1. The van der Waals surface area contributed by atoms with Gasteiger partial charge in [0.15, 0.2) is 5.75 Å². The van der Waals surface area contributed by atoms with Gasteiger partial charge in [-0.2, -0.15) is 0 Å². The summed E-state index contributed by atoms with van der Waals surface area (Å²) in [5.41, 5.74) is -2.69. The fourth-order valence-electron chi connectivity index (χ4n) is 2.90. The summed E-state index contributed by atoms with van der Waals surface area (Å²) < 4.78 is 6.27. The van der Waals surface area contributed by atoms with E-state index in [4.69, 9.17) is 9.84 Å². The minimum Gasteiger partial charge on any atom is -0.506 e. The van der Waals surface area contributed by atoms with Gasteiger partial charge in [-0.1, -0.05) is 19.9 Å². The van der Waals surface area contributed by atoms with Crippen molar-refractivity contribution in [2.45, 2.75) is 33.8 Å². The Morgan fingerprint density at radius 3 is 2.24 bits per heavy atom. The number of nitrogens with zero attached hydrogens (tertiary/aromatic N) is 1. The second kappa shape index (κ2) is 10.5. The molecular weight excluding hydrogens is 434 g/mol. The van der Waals surface area contributed by atoms with Crippen LogP contribution in [0.2, 0.25) is 0 Å². The number of benzene rings is 1. The fraction of sp³-hybridized carbons (Fsp3) is 0.364. The Morgan fingerprint density at radius 2 is 1.67 bits per heavy atom. The van der Waals surface area contributed by atoms with Crippen LogP contribution in [0.25, 0.3) is 5.69 Å². The van der Waals surface area contributed by atoms with Crippen LogP contribution in [-0.2, 0) is 4.79 Å². The summed E-state index contributed by atoms with van der Waals surface area (Å²) in [4.78, 5) is 49.2. The second-order valence-corrected chi connectivity index (χ2v) is 7.91. The maximum absolute atomic E-state index is 13.1. The summed E-state index contributed by atoms with van der Waals surface area (Å²) in [5.74, 6) is -5.09. The average molecular weight is 461 g/mol. The highest BCUT2D eigenvalue weighted by Crippen LogP contribution is 2.31. The number of amides is 2. The molecule has 0 saturated carbocycles. The number of hydrogen-bond acceptors (Lipinski definition) is 7. The van der Waals surface area contributed by atoms with Crippen molar-refractivity contribution in [2.24, 2.45) is 5.92 Å². The third-order valence-corrected chi connectivity index (χ3v) is 4.30. The van der Waals surface area contributed by atoms with Crippen molar-refractivity contribution in [3.63, 3.8) is 0 Å². The Hall–Kier alpha value is -4.02. The molecule has 1 aromatic heterocycles. The molecule has 0 aliphatic carbocycles. The highest BCUT2D eigenvalue weighted by atomic mass is 16.5. The van der Waals surface area contributed by atoms with Gasteiger partial charge in [0.25, 0.3) is 17.4 Å². The largest absolute Gasteiger partial charge is 0.506 e. The van der Waals surface area contributed by atoms with E-state index < -0.39 is 52.6 Å². The van der Waals surface area contributed by atoms with Crippen LogP contribution in [0, 0.1) is 5.92 Å². The molecule has 0 unspecified atom stereocenters. The molecule has 1 heterocycles. The Kier molecular flexibility index (Phi) is 8.05. The van der Waals surface area contributed by atoms with Gasteiger partial charge in [0.1, 0.15) is 23.4 Å². The molecule has 0 spiro atoms. The molecule has 0 bridgehead atoms. The van der Waals surface area contributed by atoms with Crippen molar-refractivity contribution in [1.82, 2.24) is 15.2 Å². The average Bonchev–Trinajstić information content (AvgIpc) is 2.70. The zero-order valence-corrected chi connectivity index (χ0v) is 18.7. The van der Waals surface area contributed by atoms with E-state index >= 15 is 0 Å². The second-order valence-electron chi connectivity index (χ2n) is 7.91. The topological polar surface area (TPSA) is 167 Å². The lowest BCUT2D eigenvalue weighted by Gasteiger charge is -2.18. The van der Waals surface area contributed by atoms with E-state index in [9.17, 15) is 29.4 Å². The van der Waals surface area contributed by atoms with Crippen molar-refractivity contribution >= 4 is 17.8 Å². The molecule has 0 fully saturated rings. The standard InChI is InChI=1S/C22H27N3O8/c1-11(2)9-23-19(29)16-18(28)17(20(30)24-10-15(26)27)22(32)25(21(16)31)13-6-5-7-14(8-13)33-12(3)4/h5-8,11-12,28,31H,9-10H2,1-4H3,(H,23,29)(H,24,30)(H,26,27). The van der Waals surface area contributed by atoms with Gasteiger partial charge in [-0.15, -0.1) is 0 Å². The molecule has 0 aliphatic rings. The molecule has 178 valence electrons. The zero-order valence-electron chi connectivity index (χ0n) is 18.7. The first kappa shape index (κ1) is 25.2. The smallest absolute Gasteiger partial charge is 0.322 e. The first-order valence-electron chi connectivity index (χ1n) is 10.2. The van der Waals surface area contributed by atoms with Crippen molar-refractivity contribution < 1.29 is 34.4 Å². The molecule has 11 nitrogen and oxygen atoms in total. The highest BCUT2D eigenvalue weighted by Gasteiger charge is 2.30. The van der Waals surface area contributed by atoms with E-state index in [1.54, 1.807) is 19.9 Å². The lowest BCUT2D eigenvalue weighted by molar-refractivity contribution is -0.135. The fourth-order valence-corrected chi connectivity index (χ4v) is 2.90. The van der Waals surface area contributed by atoms with E-state index in [1.807, 2.05) is 19.2 Å². The number of hydrogen-bond donors (Lipinski definition) is 5. The zero-order chi connectivity index (χ0) is 24.9. The summed E-state index contributed by atoms with van der Waals surface area (Å²) in [5, 5.41) is 34.7. The van der Waals surface area contributed by atoms with Gasteiger partial charge in [-0.25, -0.2) is 4.57 Å². The Labute approximate surface area is 189 Å². The van der Waals surface area contributed by atoms with Gasteiger partial charge in [-0.05, 0) is 31.9 Å². The van der Waals surface area contributed by atoms with Gasteiger partial charge in [0.2, 0.25) is 5.88 Å². The number of carbonyl (C=O) groups is 3. The minimum absolute atomic E-state index is 0.0346. The molecule has 0 radical (unpaired) electrons. The SMILES string of the molecule is CC(C)CNC(=O)c1c(O)c(C(=O)NCC(=O)O)c(=O)n(-c2cccc(OC(C)C)c2)c1O. The first-order valence-corrected chi connectivity index (χ1v) is 10.2. The third kappa shape index (κ3) is 6.03. The number of carbonyl (C=O) groups excluding carboxylic acids is 2. The van der Waals surface area contributed by atoms with Crippen LogP contribution in [0.4, 0.5) is 0 Å². The van der Waals surface area contributed by atoms with Crippen molar-refractivity contribution in [3.05, 3.63) is 45.7 Å². The number of aliphatic carboxylic acids is 1. The molecule has 2 amide bonds. The maximum Gasteiger partial charge on any atom is 0.322 e. The highest BCUT2D eigenvalue weighted by molar-refractivity contribution is 6.05. The van der Waals surface area contributed by atoms with Crippen molar-refractivity contribution in [3.8, 4) is 23.1 Å². The molecular formula is C22H27N3O8. The Morgan fingerprint density at radius 1 is 1.03 bits per heavy atom. The van der Waals surface area contributed by atoms with Crippen LogP contribution < -0.4 is 20.9 Å². The third-order valence-electron chi connectivity index (χ3n) is 4.30. The van der Waals surface area contributed by atoms with Crippen LogP contribution in [0.15, 0.2) is 29.1 Å². The normalized spacial score (nSPS) is 10.8. The van der Waals surface area contributed by atoms with Crippen LogP contribution in [0.1, 0.15) is 48.4 Å². The summed E-state index contributed by atoms with van der Waals surface area (Å²) in [6.45, 7) is 6.59. The quantitative estimate of drug-likeness (QED) is 0.372. The number of carboxylic acid groups (broad SMARTS) is 1. The van der Waals surface area contributed by atoms with E-state index in [1.165, 1.54) is 18.2 Å². The van der Waals surface area contributed by atoms with Crippen LogP contribution >= 0.6 is 0 Å². The van der Waals surface area contributed by atoms with Crippen LogP contribution in [0.3, 0.4) is 0 Å². The van der Waals surface area contributed by atoms with E-state index in [-0.39, 0.29) is 24.3 Å². The molecule has 2 aromatic rings. The maximum atomic E-state index is 13.1. The lowest BCUT2D eigenvalue weighted by Crippen LogP contribution is -2.37. The van der Waals surface area contributed by atoms with Gasteiger partial charge in [0.05, 0.1) is 11.8 Å². The van der Waals surface area contributed by atoms with Crippen LogP contribution in [0.5, 0.6) is 17.4 Å².